The van der Waals surface area contributed by atoms with Crippen LogP contribution < -0.4 is 4.74 Å². The molecule has 3 rings (SSSR count). The van der Waals surface area contributed by atoms with Crippen LogP contribution in [0.15, 0.2) is 72.8 Å². The first-order chi connectivity index (χ1) is 17.2. The molecule has 3 aromatic rings. The summed E-state index contributed by atoms with van der Waals surface area (Å²) in [7, 11) is 0. The molecule has 188 valence electrons. The molecule has 0 amide bonds. The SMILES string of the molecule is CCCCCCc1ccc(-c2ccc(C(CCCC)C(F)CC)cc2COc2ccccc2)cc1. The number of halogens is 1. The molecule has 0 aliphatic carbocycles. The predicted molar refractivity (Wildman–Crippen MR) is 148 cm³/mol. The fourth-order valence-electron chi connectivity index (χ4n) is 4.79. The second-order valence-corrected chi connectivity index (χ2v) is 9.70. The van der Waals surface area contributed by atoms with Gasteiger partial charge in [-0.2, -0.15) is 0 Å². The van der Waals surface area contributed by atoms with Crippen LogP contribution in [-0.4, -0.2) is 6.17 Å². The fraction of sp³-hybridized carbons (Fsp3) is 0.455. The lowest BCUT2D eigenvalue weighted by atomic mass is 9.85. The Hall–Kier alpha value is -2.61. The van der Waals surface area contributed by atoms with Crippen LogP contribution in [0.5, 0.6) is 5.75 Å². The third kappa shape index (κ3) is 8.23. The van der Waals surface area contributed by atoms with Gasteiger partial charge in [-0.25, -0.2) is 4.39 Å². The average Bonchev–Trinajstić information content (AvgIpc) is 2.91. The number of aryl methyl sites for hydroxylation is 1. The van der Waals surface area contributed by atoms with Gasteiger partial charge >= 0.3 is 0 Å². The highest BCUT2D eigenvalue weighted by Gasteiger charge is 2.22. The summed E-state index contributed by atoms with van der Waals surface area (Å²) in [5.41, 5.74) is 5.97. The van der Waals surface area contributed by atoms with Crippen LogP contribution >= 0.6 is 0 Å². The molecule has 0 heterocycles. The molecule has 1 nitrogen and oxygen atoms in total. The normalized spacial score (nSPS) is 12.9. The Morgan fingerprint density at radius 1 is 0.771 bits per heavy atom. The van der Waals surface area contributed by atoms with Crippen molar-refractivity contribution in [2.45, 2.75) is 97.3 Å². The van der Waals surface area contributed by atoms with E-state index in [0.29, 0.717) is 13.0 Å². The van der Waals surface area contributed by atoms with Crippen molar-refractivity contribution < 1.29 is 9.13 Å². The number of benzene rings is 3. The molecule has 2 unspecified atom stereocenters. The van der Waals surface area contributed by atoms with Gasteiger partial charge in [0.25, 0.3) is 0 Å². The Kier molecular flexibility index (Phi) is 11.3. The smallest absolute Gasteiger partial charge is 0.119 e. The van der Waals surface area contributed by atoms with Crippen LogP contribution in [0.4, 0.5) is 4.39 Å². The Bertz CT molecular complexity index is 980. The number of unbranched alkanes of at least 4 members (excludes halogenated alkanes) is 4. The van der Waals surface area contributed by atoms with Gasteiger partial charge in [0, 0.05) is 5.92 Å². The summed E-state index contributed by atoms with van der Waals surface area (Å²) >= 11 is 0. The van der Waals surface area contributed by atoms with Crippen LogP contribution in [0.3, 0.4) is 0 Å². The van der Waals surface area contributed by atoms with Crippen molar-refractivity contribution in [2.24, 2.45) is 0 Å². The highest BCUT2D eigenvalue weighted by Crippen LogP contribution is 2.34. The molecule has 0 saturated carbocycles. The molecule has 0 N–H and O–H groups in total. The number of para-hydroxylation sites is 1. The molecular weight excluding hydrogens is 431 g/mol. The molecular formula is C33H43FO. The van der Waals surface area contributed by atoms with Gasteiger partial charge in [-0.05, 0) is 65.6 Å². The Morgan fingerprint density at radius 3 is 2.20 bits per heavy atom. The lowest BCUT2D eigenvalue weighted by Gasteiger charge is -2.22. The van der Waals surface area contributed by atoms with Gasteiger partial charge in [-0.15, -0.1) is 0 Å². The van der Waals surface area contributed by atoms with Gasteiger partial charge in [0.1, 0.15) is 18.5 Å². The van der Waals surface area contributed by atoms with E-state index in [2.05, 4.69) is 56.3 Å². The zero-order chi connectivity index (χ0) is 24.9. The van der Waals surface area contributed by atoms with Crippen molar-refractivity contribution in [3.8, 4) is 16.9 Å². The quantitative estimate of drug-likeness (QED) is 0.199. The minimum Gasteiger partial charge on any atom is -0.489 e. The third-order valence-corrected chi connectivity index (χ3v) is 6.97. The maximum atomic E-state index is 15.0. The predicted octanol–water partition coefficient (Wildman–Crippen LogP) is 10.1. The first-order valence-corrected chi connectivity index (χ1v) is 13.7. The van der Waals surface area contributed by atoms with E-state index in [4.69, 9.17) is 4.74 Å². The van der Waals surface area contributed by atoms with E-state index in [0.717, 1.165) is 42.6 Å². The largest absolute Gasteiger partial charge is 0.489 e. The van der Waals surface area contributed by atoms with Gasteiger partial charge in [-0.1, -0.05) is 114 Å². The van der Waals surface area contributed by atoms with E-state index < -0.39 is 6.17 Å². The van der Waals surface area contributed by atoms with Crippen LogP contribution in [0.25, 0.3) is 11.1 Å². The van der Waals surface area contributed by atoms with E-state index >= 15 is 0 Å². The Balaban J connectivity index is 1.87. The number of ether oxygens (including phenoxy) is 1. The first-order valence-electron chi connectivity index (χ1n) is 13.7. The summed E-state index contributed by atoms with van der Waals surface area (Å²) < 4.78 is 21.1. The molecule has 0 aromatic heterocycles. The molecule has 2 heteroatoms. The zero-order valence-corrected chi connectivity index (χ0v) is 21.9. The van der Waals surface area contributed by atoms with Crippen LogP contribution in [-0.2, 0) is 13.0 Å². The highest BCUT2D eigenvalue weighted by atomic mass is 19.1. The lowest BCUT2D eigenvalue weighted by Crippen LogP contribution is -2.14. The van der Waals surface area contributed by atoms with Crippen LogP contribution in [0, 0.1) is 0 Å². The van der Waals surface area contributed by atoms with Crippen molar-refractivity contribution >= 4 is 0 Å². The van der Waals surface area contributed by atoms with Crippen molar-refractivity contribution in [3.05, 3.63) is 89.5 Å². The summed E-state index contributed by atoms with van der Waals surface area (Å²) in [6, 6.07) is 25.4. The van der Waals surface area contributed by atoms with E-state index in [1.807, 2.05) is 37.3 Å². The Morgan fingerprint density at radius 2 is 1.51 bits per heavy atom. The van der Waals surface area contributed by atoms with Gasteiger partial charge in [0.05, 0.1) is 0 Å². The van der Waals surface area contributed by atoms with E-state index in [9.17, 15) is 4.39 Å². The van der Waals surface area contributed by atoms with Crippen molar-refractivity contribution in [2.75, 3.05) is 0 Å². The number of hydrogen-bond donors (Lipinski definition) is 0. The standard InChI is InChI=1S/C33H43FO/c1-4-7-9-11-14-26-18-20-27(21-19-26)31-23-22-28(32(17-8-5-2)33(34)6-3)24-29(31)25-35-30-15-12-10-13-16-30/h10,12-13,15-16,18-24,32-33H,4-9,11,14,17,25H2,1-3H3. The molecule has 2 atom stereocenters. The summed E-state index contributed by atoms with van der Waals surface area (Å²) in [5, 5.41) is 0. The minimum atomic E-state index is -0.817. The molecule has 35 heavy (non-hydrogen) atoms. The Labute approximate surface area is 212 Å². The molecule has 0 fully saturated rings. The van der Waals surface area contributed by atoms with Gasteiger partial charge < -0.3 is 4.74 Å². The zero-order valence-electron chi connectivity index (χ0n) is 21.9. The van der Waals surface area contributed by atoms with Gasteiger partial charge in [0.2, 0.25) is 0 Å². The summed E-state index contributed by atoms with van der Waals surface area (Å²) in [6.07, 6.45) is 9.01. The molecule has 3 aromatic carbocycles. The van der Waals surface area contributed by atoms with Gasteiger partial charge in [-0.3, -0.25) is 0 Å². The van der Waals surface area contributed by atoms with Crippen LogP contribution in [0.2, 0.25) is 0 Å². The van der Waals surface area contributed by atoms with Crippen molar-refractivity contribution in [3.63, 3.8) is 0 Å². The first kappa shape index (κ1) is 27.0. The molecule has 0 spiro atoms. The highest BCUT2D eigenvalue weighted by molar-refractivity contribution is 5.68. The van der Waals surface area contributed by atoms with Crippen molar-refractivity contribution in [1.29, 1.82) is 0 Å². The monoisotopic (exact) mass is 474 g/mol. The van der Waals surface area contributed by atoms with Crippen LogP contribution in [0.1, 0.15) is 94.7 Å². The molecule has 0 radical (unpaired) electrons. The summed E-state index contributed by atoms with van der Waals surface area (Å²) in [4.78, 5) is 0. The maximum Gasteiger partial charge on any atom is 0.119 e. The van der Waals surface area contributed by atoms with Crippen molar-refractivity contribution in [1.82, 2.24) is 0 Å². The number of alkyl halides is 1. The molecule has 0 saturated heterocycles. The summed E-state index contributed by atoms with van der Waals surface area (Å²) in [6.45, 7) is 6.84. The van der Waals surface area contributed by atoms with E-state index in [-0.39, 0.29) is 5.92 Å². The lowest BCUT2D eigenvalue weighted by molar-refractivity contribution is 0.260. The second-order valence-electron chi connectivity index (χ2n) is 9.70. The molecule has 0 bridgehead atoms. The fourth-order valence-corrected chi connectivity index (χ4v) is 4.79. The molecule has 0 aliphatic rings. The van der Waals surface area contributed by atoms with E-state index in [1.165, 1.54) is 42.4 Å². The summed E-state index contributed by atoms with van der Waals surface area (Å²) in [5.74, 6) is 0.792. The minimum absolute atomic E-state index is 0.0602. The molecule has 0 aliphatic heterocycles. The maximum absolute atomic E-state index is 15.0. The number of hydrogen-bond acceptors (Lipinski definition) is 1. The van der Waals surface area contributed by atoms with Gasteiger partial charge in [0.15, 0.2) is 0 Å². The number of rotatable bonds is 15. The second kappa shape index (κ2) is 14.7. The topological polar surface area (TPSA) is 9.23 Å². The van der Waals surface area contributed by atoms with E-state index in [1.54, 1.807) is 0 Å². The average molecular weight is 475 g/mol. The third-order valence-electron chi connectivity index (χ3n) is 6.97.